The Balaban J connectivity index is 1.65. The fraction of sp³-hybridized carbons (Fsp3) is 0.348. The Hall–Kier alpha value is -2.55. The van der Waals surface area contributed by atoms with Gasteiger partial charge in [-0.15, -0.1) is 0 Å². The van der Waals surface area contributed by atoms with Gasteiger partial charge in [-0.25, -0.2) is 0 Å². The van der Waals surface area contributed by atoms with Crippen LogP contribution in [0.5, 0.6) is 5.75 Å². The van der Waals surface area contributed by atoms with E-state index in [4.69, 9.17) is 25.5 Å². The van der Waals surface area contributed by atoms with Crippen LogP contribution in [0, 0.1) is 0 Å². The van der Waals surface area contributed by atoms with E-state index >= 15 is 0 Å². The minimum atomic E-state index is -4.86. The average molecular weight is 466 g/mol. The van der Waals surface area contributed by atoms with Crippen LogP contribution in [0.15, 0.2) is 45.6 Å². The van der Waals surface area contributed by atoms with Gasteiger partial charge < -0.3 is 13.9 Å². The van der Waals surface area contributed by atoms with Crippen LogP contribution in [-0.2, 0) is 17.5 Å². The van der Waals surface area contributed by atoms with Gasteiger partial charge in [0.05, 0.1) is 22.6 Å². The summed E-state index contributed by atoms with van der Waals surface area (Å²) < 4.78 is 58.8. The normalized spacial score (nSPS) is 19.2. The van der Waals surface area contributed by atoms with E-state index in [1.54, 1.807) is 6.07 Å². The van der Waals surface area contributed by atoms with Gasteiger partial charge in [-0.2, -0.15) is 13.2 Å². The fourth-order valence-corrected chi connectivity index (χ4v) is 4.41. The largest absolute Gasteiger partial charge is 0.478 e. The van der Waals surface area contributed by atoms with E-state index < -0.39 is 22.9 Å². The molecular weight excluding hydrogens is 447 g/mol. The van der Waals surface area contributed by atoms with Crippen molar-refractivity contribution in [3.63, 3.8) is 0 Å². The van der Waals surface area contributed by atoms with Crippen molar-refractivity contribution in [1.82, 2.24) is 4.90 Å². The Morgan fingerprint density at radius 2 is 1.91 bits per heavy atom. The number of ether oxygens (including phenoxy) is 2. The molecule has 1 fully saturated rings. The van der Waals surface area contributed by atoms with Crippen molar-refractivity contribution in [3.8, 4) is 16.9 Å². The quantitative estimate of drug-likeness (QED) is 0.514. The maximum Gasteiger partial charge on any atom is 0.450 e. The Labute approximate surface area is 186 Å². The molecule has 3 heterocycles. The van der Waals surface area contributed by atoms with Gasteiger partial charge in [-0.05, 0) is 42.7 Å². The average Bonchev–Trinajstić information content (AvgIpc) is 3.26. The second kappa shape index (κ2) is 8.10. The fourth-order valence-electron chi connectivity index (χ4n) is 4.28. The van der Waals surface area contributed by atoms with Crippen molar-refractivity contribution in [1.29, 1.82) is 0 Å². The van der Waals surface area contributed by atoms with Gasteiger partial charge in [0.2, 0.25) is 11.2 Å². The molecule has 0 radical (unpaired) electrons. The number of rotatable bonds is 3. The molecule has 5 rings (SSSR count). The Morgan fingerprint density at radius 3 is 2.59 bits per heavy atom. The van der Waals surface area contributed by atoms with E-state index in [9.17, 15) is 18.0 Å². The molecule has 9 heteroatoms. The van der Waals surface area contributed by atoms with Gasteiger partial charge in [0.1, 0.15) is 18.1 Å². The summed E-state index contributed by atoms with van der Waals surface area (Å²) >= 11 is 5.87. The monoisotopic (exact) mass is 465 g/mol. The maximum atomic E-state index is 14.0. The minimum absolute atomic E-state index is 0.0596. The first kappa shape index (κ1) is 21.3. The molecule has 1 unspecified atom stereocenters. The summed E-state index contributed by atoms with van der Waals surface area (Å²) in [4.78, 5) is 15.2. The number of hydrogen-bond acceptors (Lipinski definition) is 5. The van der Waals surface area contributed by atoms with Crippen molar-refractivity contribution in [2.75, 3.05) is 19.9 Å². The molecule has 2 aliphatic heterocycles. The molecule has 5 nitrogen and oxygen atoms in total. The molecule has 0 bridgehead atoms. The number of alkyl halides is 3. The lowest BCUT2D eigenvalue weighted by molar-refractivity contribution is -0.152. The van der Waals surface area contributed by atoms with Gasteiger partial charge in [0.15, 0.2) is 0 Å². The molecule has 0 aliphatic carbocycles. The predicted octanol–water partition coefficient (Wildman–Crippen LogP) is 5.46. The summed E-state index contributed by atoms with van der Waals surface area (Å²) in [7, 11) is 0. The number of halogens is 4. The second-order valence-electron chi connectivity index (χ2n) is 7.98. The lowest BCUT2D eigenvalue weighted by atomic mass is 10.00. The molecule has 168 valence electrons. The predicted molar refractivity (Wildman–Crippen MR) is 113 cm³/mol. The van der Waals surface area contributed by atoms with E-state index in [0.29, 0.717) is 36.0 Å². The zero-order chi connectivity index (χ0) is 22.5. The minimum Gasteiger partial charge on any atom is -0.478 e. The number of nitrogens with zero attached hydrogens (tertiary/aromatic N) is 1. The molecule has 0 N–H and O–H groups in total. The zero-order valence-electron chi connectivity index (χ0n) is 16.9. The first-order valence-corrected chi connectivity index (χ1v) is 10.6. The number of benzene rings is 2. The molecule has 1 aromatic heterocycles. The Kier molecular flexibility index (Phi) is 5.39. The van der Waals surface area contributed by atoms with Gasteiger partial charge >= 0.3 is 6.18 Å². The highest BCUT2D eigenvalue weighted by Crippen LogP contribution is 2.40. The second-order valence-corrected chi connectivity index (χ2v) is 8.42. The lowest BCUT2D eigenvalue weighted by Gasteiger charge is -2.31. The summed E-state index contributed by atoms with van der Waals surface area (Å²) in [5.74, 6) is -0.918. The van der Waals surface area contributed by atoms with Crippen LogP contribution in [0.25, 0.3) is 22.1 Å². The Morgan fingerprint density at radius 1 is 1.12 bits per heavy atom. The summed E-state index contributed by atoms with van der Waals surface area (Å²) in [6, 6.07) is 8.68. The van der Waals surface area contributed by atoms with Crippen LogP contribution in [0.1, 0.15) is 24.2 Å². The van der Waals surface area contributed by atoms with E-state index in [0.717, 1.165) is 12.8 Å². The van der Waals surface area contributed by atoms with Crippen LogP contribution < -0.4 is 10.2 Å². The summed E-state index contributed by atoms with van der Waals surface area (Å²) in [6.07, 6.45) is -2.89. The van der Waals surface area contributed by atoms with E-state index in [1.807, 2.05) is 4.90 Å². The van der Waals surface area contributed by atoms with Crippen LogP contribution in [0.3, 0.4) is 0 Å². The molecular formula is C23H19ClF3NO4. The molecule has 2 aromatic carbocycles. The molecule has 1 atom stereocenters. The molecule has 2 aliphatic rings. The van der Waals surface area contributed by atoms with Crippen molar-refractivity contribution < 1.29 is 27.1 Å². The van der Waals surface area contributed by atoms with Crippen LogP contribution in [0.2, 0.25) is 5.02 Å². The molecule has 32 heavy (non-hydrogen) atoms. The third-order valence-corrected chi connectivity index (χ3v) is 6.03. The van der Waals surface area contributed by atoms with Gasteiger partial charge in [0, 0.05) is 24.7 Å². The van der Waals surface area contributed by atoms with Crippen LogP contribution in [0.4, 0.5) is 13.2 Å². The number of hydrogen-bond donors (Lipinski definition) is 0. The molecule has 1 saturated heterocycles. The Bertz CT molecular complexity index is 1220. The first-order chi connectivity index (χ1) is 15.3. The topological polar surface area (TPSA) is 51.9 Å². The van der Waals surface area contributed by atoms with Crippen molar-refractivity contribution in [3.05, 3.63) is 63.0 Å². The van der Waals surface area contributed by atoms with E-state index in [-0.39, 0.29) is 29.4 Å². The van der Waals surface area contributed by atoms with Crippen molar-refractivity contribution in [2.45, 2.75) is 31.7 Å². The maximum absolute atomic E-state index is 14.0. The van der Waals surface area contributed by atoms with E-state index in [2.05, 4.69) is 0 Å². The molecule has 0 spiro atoms. The summed E-state index contributed by atoms with van der Waals surface area (Å²) in [6.45, 7) is 1.88. The van der Waals surface area contributed by atoms with Crippen molar-refractivity contribution in [2.24, 2.45) is 0 Å². The molecule has 0 amide bonds. The summed E-state index contributed by atoms with van der Waals surface area (Å²) in [5, 5.41) is 0.425. The zero-order valence-corrected chi connectivity index (χ0v) is 17.6. The van der Waals surface area contributed by atoms with Crippen molar-refractivity contribution >= 4 is 22.6 Å². The standard InChI is InChI=1S/C23H19ClF3NO4/c24-14-5-3-13(4-6-14)19-20(29)16-7-8-18-17(21(16)32-22(19)23(25,26)27)11-28(12-31-18)10-15-2-1-9-30-15/h3-8,15H,1-2,9-12H2. The third kappa shape index (κ3) is 3.87. The van der Waals surface area contributed by atoms with Gasteiger partial charge in [-0.3, -0.25) is 9.69 Å². The highest BCUT2D eigenvalue weighted by Gasteiger charge is 2.40. The highest BCUT2D eigenvalue weighted by atomic mass is 35.5. The summed E-state index contributed by atoms with van der Waals surface area (Å²) in [5.41, 5.74) is -0.868. The van der Waals surface area contributed by atoms with Crippen LogP contribution in [-0.4, -0.2) is 30.9 Å². The van der Waals surface area contributed by atoms with Gasteiger partial charge in [-0.1, -0.05) is 23.7 Å². The lowest BCUT2D eigenvalue weighted by Crippen LogP contribution is -2.37. The smallest absolute Gasteiger partial charge is 0.450 e. The molecule has 0 saturated carbocycles. The first-order valence-electron chi connectivity index (χ1n) is 10.2. The number of fused-ring (bicyclic) bond motifs is 3. The van der Waals surface area contributed by atoms with E-state index in [1.165, 1.54) is 30.3 Å². The third-order valence-electron chi connectivity index (χ3n) is 5.78. The highest BCUT2D eigenvalue weighted by molar-refractivity contribution is 6.30. The van der Waals surface area contributed by atoms with Crippen LogP contribution >= 0.6 is 11.6 Å². The molecule has 3 aromatic rings. The van der Waals surface area contributed by atoms with Gasteiger partial charge in [0.25, 0.3) is 0 Å². The SMILES string of the molecule is O=c1c(-c2ccc(Cl)cc2)c(C(F)(F)F)oc2c3c(ccc12)OCN(CC1CCCO1)C3.